The minimum Gasteiger partial charge on any atom is -0.481 e. The van der Waals surface area contributed by atoms with E-state index in [9.17, 15) is 4.79 Å². The lowest BCUT2D eigenvalue weighted by Crippen LogP contribution is -1.96. The van der Waals surface area contributed by atoms with Crippen LogP contribution in [0.4, 0.5) is 5.82 Å². The largest absolute Gasteiger partial charge is 0.481 e. The maximum Gasteiger partial charge on any atom is 0.221 e. The number of aromatic amines is 1. The van der Waals surface area contributed by atoms with Crippen molar-refractivity contribution in [3.63, 3.8) is 0 Å². The number of fused-ring (bicyclic) bond motifs is 1. The fourth-order valence-electron chi connectivity index (χ4n) is 2.37. The number of hydrogen-bond acceptors (Lipinski definition) is 4. The lowest BCUT2D eigenvalue weighted by molar-refractivity contribution is -0.105. The van der Waals surface area contributed by atoms with Crippen LogP contribution < -0.4 is 10.1 Å². The van der Waals surface area contributed by atoms with Crippen LogP contribution in [0, 0.1) is 6.92 Å². The molecule has 0 radical (unpaired) electrons. The molecule has 0 atom stereocenters. The van der Waals surface area contributed by atoms with Crippen molar-refractivity contribution in [2.45, 2.75) is 6.92 Å². The number of anilines is 1. The van der Waals surface area contributed by atoms with E-state index in [1.54, 1.807) is 19.4 Å². The number of nitrogens with one attached hydrogen (secondary N) is 2. The molecular weight excluding hydrogens is 268 g/mol. The molecule has 0 unspecified atom stereocenters. The summed E-state index contributed by atoms with van der Waals surface area (Å²) < 4.78 is 5.36. The fraction of sp³-hybridized carbons (Fsp3) is 0.133. The molecule has 3 aromatic rings. The van der Waals surface area contributed by atoms with Crippen LogP contribution in [0.3, 0.4) is 0 Å². The van der Waals surface area contributed by atoms with Gasteiger partial charge in [-0.15, -0.1) is 0 Å². The van der Waals surface area contributed by atoms with Crippen LogP contribution in [0.25, 0.3) is 22.2 Å². The monoisotopic (exact) mass is 282 g/mol. The first-order valence-corrected chi connectivity index (χ1v) is 6.43. The van der Waals surface area contributed by atoms with Gasteiger partial charge in [-0.2, -0.15) is 0 Å². The van der Waals surface area contributed by atoms with Crippen LogP contribution in [0.15, 0.2) is 30.6 Å². The first-order chi connectivity index (χ1) is 10.2. The van der Waals surface area contributed by atoms with Gasteiger partial charge in [0.2, 0.25) is 12.3 Å². The van der Waals surface area contributed by atoms with Crippen molar-refractivity contribution in [3.05, 3.63) is 36.2 Å². The number of hydrogen-bond donors (Lipinski definition) is 2. The lowest BCUT2D eigenvalue weighted by Gasteiger charge is -2.09. The number of rotatable bonds is 4. The molecule has 6 heteroatoms. The van der Waals surface area contributed by atoms with Crippen molar-refractivity contribution in [1.29, 1.82) is 0 Å². The Bertz CT molecular complexity index is 811. The van der Waals surface area contributed by atoms with Gasteiger partial charge >= 0.3 is 0 Å². The van der Waals surface area contributed by atoms with Crippen molar-refractivity contribution >= 4 is 23.3 Å². The molecule has 0 fully saturated rings. The van der Waals surface area contributed by atoms with Gasteiger partial charge in [-0.1, -0.05) is 0 Å². The van der Waals surface area contributed by atoms with E-state index in [1.807, 2.05) is 25.3 Å². The maximum absolute atomic E-state index is 10.5. The van der Waals surface area contributed by atoms with Crippen molar-refractivity contribution < 1.29 is 9.53 Å². The predicted molar refractivity (Wildman–Crippen MR) is 80.3 cm³/mol. The quantitative estimate of drug-likeness (QED) is 0.720. The Morgan fingerprint density at radius 2 is 2.19 bits per heavy atom. The fourth-order valence-corrected chi connectivity index (χ4v) is 2.37. The molecule has 0 aliphatic heterocycles. The average molecular weight is 282 g/mol. The molecule has 0 aromatic carbocycles. The second-order valence-corrected chi connectivity index (χ2v) is 4.57. The number of H-pyrrole nitrogens is 1. The minimum absolute atomic E-state index is 0.501. The van der Waals surface area contributed by atoms with E-state index in [-0.39, 0.29) is 0 Å². The number of carbonyl (C=O) groups excluding carboxylic acids is 1. The first-order valence-electron chi connectivity index (χ1n) is 6.43. The van der Waals surface area contributed by atoms with Crippen LogP contribution in [-0.4, -0.2) is 28.5 Å². The molecule has 0 saturated heterocycles. The van der Waals surface area contributed by atoms with Crippen LogP contribution in [0.1, 0.15) is 5.56 Å². The Morgan fingerprint density at radius 1 is 1.33 bits per heavy atom. The standard InChI is InChI=1S/C15H14N4O2/c1-9-5-6-16-15(21-2)13(9)11-7-17-14-10(11)3-4-12(19-14)18-8-20/h3-8H,1-2H3,(H2,17,18,19,20). The number of ether oxygens (including phenoxy) is 1. The molecule has 0 spiro atoms. The summed E-state index contributed by atoms with van der Waals surface area (Å²) in [5.41, 5.74) is 3.67. The van der Waals surface area contributed by atoms with E-state index in [0.717, 1.165) is 22.1 Å². The van der Waals surface area contributed by atoms with Crippen molar-refractivity contribution in [3.8, 4) is 17.0 Å². The van der Waals surface area contributed by atoms with Gasteiger partial charge in [0.15, 0.2) is 0 Å². The Balaban J connectivity index is 2.20. The number of amides is 1. The number of aromatic nitrogens is 3. The first kappa shape index (κ1) is 13.1. The summed E-state index contributed by atoms with van der Waals surface area (Å²) in [4.78, 5) is 22.2. The van der Waals surface area contributed by atoms with E-state index < -0.39 is 0 Å². The van der Waals surface area contributed by atoms with E-state index >= 15 is 0 Å². The molecule has 0 bridgehead atoms. The predicted octanol–water partition coefficient (Wildman–Crippen LogP) is 2.51. The van der Waals surface area contributed by atoms with E-state index in [4.69, 9.17) is 4.74 Å². The van der Waals surface area contributed by atoms with Gasteiger partial charge in [-0.3, -0.25) is 4.79 Å². The minimum atomic E-state index is 0.501. The van der Waals surface area contributed by atoms with Crippen molar-refractivity contribution in [1.82, 2.24) is 15.0 Å². The third kappa shape index (κ3) is 2.20. The van der Waals surface area contributed by atoms with Crippen LogP contribution >= 0.6 is 0 Å². The molecule has 0 saturated carbocycles. The second-order valence-electron chi connectivity index (χ2n) is 4.57. The van der Waals surface area contributed by atoms with E-state index in [0.29, 0.717) is 23.8 Å². The van der Waals surface area contributed by atoms with Crippen LogP contribution in [-0.2, 0) is 4.79 Å². The van der Waals surface area contributed by atoms with Gasteiger partial charge in [0, 0.05) is 28.9 Å². The summed E-state index contributed by atoms with van der Waals surface area (Å²) in [6, 6.07) is 5.60. The number of pyridine rings is 2. The van der Waals surface area contributed by atoms with Gasteiger partial charge in [0.25, 0.3) is 0 Å². The Kier molecular flexibility index (Phi) is 3.27. The third-order valence-corrected chi connectivity index (χ3v) is 3.33. The van der Waals surface area contributed by atoms with Gasteiger partial charge in [-0.25, -0.2) is 9.97 Å². The van der Waals surface area contributed by atoms with Crippen LogP contribution in [0.2, 0.25) is 0 Å². The molecule has 1 amide bonds. The highest BCUT2D eigenvalue weighted by Gasteiger charge is 2.15. The van der Waals surface area contributed by atoms with Crippen LogP contribution in [0.5, 0.6) is 5.88 Å². The Labute approximate surface area is 121 Å². The maximum atomic E-state index is 10.5. The topological polar surface area (TPSA) is 79.9 Å². The molecular formula is C15H14N4O2. The molecule has 2 N–H and O–H groups in total. The lowest BCUT2D eigenvalue weighted by atomic mass is 10.0. The third-order valence-electron chi connectivity index (χ3n) is 3.33. The molecule has 0 aliphatic rings. The zero-order chi connectivity index (χ0) is 14.8. The zero-order valence-electron chi connectivity index (χ0n) is 11.7. The zero-order valence-corrected chi connectivity index (χ0v) is 11.7. The number of methoxy groups -OCH3 is 1. The summed E-state index contributed by atoms with van der Waals surface area (Å²) in [7, 11) is 1.60. The molecule has 106 valence electrons. The smallest absolute Gasteiger partial charge is 0.221 e. The Morgan fingerprint density at radius 3 is 2.95 bits per heavy atom. The van der Waals surface area contributed by atoms with E-state index in [2.05, 4.69) is 20.3 Å². The normalized spacial score (nSPS) is 10.6. The SMILES string of the molecule is COc1nccc(C)c1-c1c[nH]c2nc(NC=O)ccc12. The molecule has 6 nitrogen and oxygen atoms in total. The highest BCUT2D eigenvalue weighted by molar-refractivity contribution is 5.96. The summed E-state index contributed by atoms with van der Waals surface area (Å²) in [6.45, 7) is 2.01. The van der Waals surface area contributed by atoms with Crippen molar-refractivity contribution in [2.75, 3.05) is 12.4 Å². The molecule has 3 rings (SSSR count). The highest BCUT2D eigenvalue weighted by atomic mass is 16.5. The molecule has 3 heterocycles. The number of carbonyl (C=O) groups is 1. The summed E-state index contributed by atoms with van der Waals surface area (Å²) >= 11 is 0. The number of aryl methyl sites for hydroxylation is 1. The summed E-state index contributed by atoms with van der Waals surface area (Å²) in [6.07, 6.45) is 4.19. The van der Waals surface area contributed by atoms with Gasteiger partial charge in [-0.05, 0) is 30.7 Å². The van der Waals surface area contributed by atoms with Gasteiger partial charge < -0.3 is 15.0 Å². The molecule has 0 aliphatic carbocycles. The second kappa shape index (κ2) is 5.24. The van der Waals surface area contributed by atoms with Gasteiger partial charge in [0.1, 0.15) is 11.5 Å². The average Bonchev–Trinajstić information content (AvgIpc) is 2.90. The Hall–Kier alpha value is -2.89. The summed E-state index contributed by atoms with van der Waals surface area (Å²) in [5.74, 6) is 1.08. The van der Waals surface area contributed by atoms with Gasteiger partial charge in [0.05, 0.1) is 7.11 Å². The van der Waals surface area contributed by atoms with Crippen molar-refractivity contribution in [2.24, 2.45) is 0 Å². The van der Waals surface area contributed by atoms with E-state index in [1.165, 1.54) is 0 Å². The summed E-state index contributed by atoms with van der Waals surface area (Å²) in [5, 5.41) is 3.48. The highest BCUT2D eigenvalue weighted by Crippen LogP contribution is 2.35. The molecule has 21 heavy (non-hydrogen) atoms. The molecule has 3 aromatic heterocycles. The number of nitrogens with zero attached hydrogens (tertiary/aromatic N) is 2.